The standard InChI is InChI=1S/C12H15O6Si/c1-6-12(7-2,8-3)11(15)18-19(16-9(4)13)17-10(5)14/h6-8H,1-3H2,4-5H3. The Hall–Kier alpha value is -2.15. The number of hydrogen-bond acceptors (Lipinski definition) is 6. The summed E-state index contributed by atoms with van der Waals surface area (Å²) in [6.07, 6.45) is 3.78. The highest BCUT2D eigenvalue weighted by molar-refractivity contribution is 6.44. The lowest BCUT2D eigenvalue weighted by molar-refractivity contribution is -0.148. The zero-order valence-electron chi connectivity index (χ0n) is 10.8. The van der Waals surface area contributed by atoms with Crippen LogP contribution in [0.5, 0.6) is 0 Å². The summed E-state index contributed by atoms with van der Waals surface area (Å²) in [6.45, 7) is 12.6. The van der Waals surface area contributed by atoms with E-state index in [0.29, 0.717) is 0 Å². The Morgan fingerprint density at radius 3 is 1.53 bits per heavy atom. The van der Waals surface area contributed by atoms with E-state index >= 15 is 0 Å². The maximum absolute atomic E-state index is 11.9. The second kappa shape index (κ2) is 7.32. The maximum atomic E-state index is 11.9. The molecule has 19 heavy (non-hydrogen) atoms. The van der Waals surface area contributed by atoms with E-state index in [0.717, 1.165) is 13.8 Å². The number of carbonyl (C=O) groups is 3. The third-order valence-corrected chi connectivity index (χ3v) is 3.26. The SMILES string of the molecule is C=CC(C=C)(C=C)C(=O)O[Si](OC(C)=O)OC(C)=O. The van der Waals surface area contributed by atoms with Gasteiger partial charge in [0.25, 0.3) is 11.9 Å². The van der Waals surface area contributed by atoms with Gasteiger partial charge in [-0.1, -0.05) is 18.2 Å². The van der Waals surface area contributed by atoms with Crippen molar-refractivity contribution >= 4 is 27.4 Å². The van der Waals surface area contributed by atoms with E-state index in [1.165, 1.54) is 18.2 Å². The van der Waals surface area contributed by atoms with Gasteiger partial charge in [-0.15, -0.1) is 19.7 Å². The van der Waals surface area contributed by atoms with E-state index in [1.807, 2.05) is 0 Å². The monoisotopic (exact) mass is 283 g/mol. The van der Waals surface area contributed by atoms with Crippen molar-refractivity contribution in [2.45, 2.75) is 13.8 Å². The van der Waals surface area contributed by atoms with Crippen molar-refractivity contribution in [3.63, 3.8) is 0 Å². The molecule has 0 spiro atoms. The quantitative estimate of drug-likeness (QED) is 0.516. The van der Waals surface area contributed by atoms with E-state index in [9.17, 15) is 14.4 Å². The predicted octanol–water partition coefficient (Wildman–Crippen LogP) is 1.19. The molecule has 103 valence electrons. The Kier molecular flexibility index (Phi) is 6.49. The van der Waals surface area contributed by atoms with Crippen LogP contribution in [0.15, 0.2) is 38.0 Å². The maximum Gasteiger partial charge on any atom is 0.824 e. The Labute approximate surface area is 113 Å². The van der Waals surface area contributed by atoms with Crippen LogP contribution in [0.2, 0.25) is 0 Å². The molecule has 0 saturated carbocycles. The van der Waals surface area contributed by atoms with Crippen LogP contribution in [0.25, 0.3) is 0 Å². The first-order valence-electron chi connectivity index (χ1n) is 5.18. The van der Waals surface area contributed by atoms with Crippen molar-refractivity contribution in [1.82, 2.24) is 0 Å². The van der Waals surface area contributed by atoms with Gasteiger partial charge >= 0.3 is 15.5 Å². The lowest BCUT2D eigenvalue weighted by Gasteiger charge is -2.21. The fourth-order valence-electron chi connectivity index (χ4n) is 0.961. The average molecular weight is 283 g/mol. The van der Waals surface area contributed by atoms with Crippen LogP contribution in [0, 0.1) is 5.41 Å². The van der Waals surface area contributed by atoms with E-state index in [1.54, 1.807) is 0 Å². The molecule has 0 aromatic heterocycles. The van der Waals surface area contributed by atoms with Crippen molar-refractivity contribution in [2.75, 3.05) is 0 Å². The van der Waals surface area contributed by atoms with Gasteiger partial charge in [-0.05, 0) is 0 Å². The molecule has 0 rings (SSSR count). The summed E-state index contributed by atoms with van der Waals surface area (Å²) in [5, 5.41) is 0. The summed E-state index contributed by atoms with van der Waals surface area (Å²) in [5.41, 5.74) is -1.34. The Bertz CT molecular complexity index is 377. The molecule has 6 nitrogen and oxygen atoms in total. The van der Waals surface area contributed by atoms with Crippen molar-refractivity contribution in [2.24, 2.45) is 5.41 Å². The minimum atomic E-state index is -2.85. The van der Waals surface area contributed by atoms with Crippen LogP contribution < -0.4 is 0 Å². The predicted molar refractivity (Wildman–Crippen MR) is 68.4 cm³/mol. The summed E-state index contributed by atoms with van der Waals surface area (Å²) in [7, 11) is -2.85. The number of hydrogen-bond donors (Lipinski definition) is 0. The minimum absolute atomic E-state index is 0.732. The molecule has 0 heterocycles. The largest absolute Gasteiger partial charge is 0.824 e. The van der Waals surface area contributed by atoms with Crippen LogP contribution in [-0.2, 0) is 27.7 Å². The van der Waals surface area contributed by atoms with E-state index in [-0.39, 0.29) is 0 Å². The van der Waals surface area contributed by atoms with Crippen LogP contribution in [-0.4, -0.2) is 27.4 Å². The van der Waals surface area contributed by atoms with E-state index < -0.39 is 32.9 Å². The van der Waals surface area contributed by atoms with Gasteiger partial charge < -0.3 is 13.3 Å². The summed E-state index contributed by atoms with van der Waals surface area (Å²) in [6, 6.07) is 0. The first-order valence-corrected chi connectivity index (χ1v) is 6.40. The van der Waals surface area contributed by atoms with Crippen LogP contribution in [0.3, 0.4) is 0 Å². The summed E-state index contributed by atoms with van der Waals surface area (Å²) in [4.78, 5) is 33.6. The second-order valence-corrected chi connectivity index (χ2v) is 4.48. The highest BCUT2D eigenvalue weighted by atomic mass is 28.3. The molecular formula is C12H15O6Si. The fraction of sp³-hybridized carbons (Fsp3) is 0.250. The average Bonchev–Trinajstić information content (AvgIpc) is 2.30. The topological polar surface area (TPSA) is 78.9 Å². The highest BCUT2D eigenvalue weighted by Crippen LogP contribution is 2.24. The molecule has 0 amide bonds. The Morgan fingerprint density at radius 2 is 1.26 bits per heavy atom. The third kappa shape index (κ3) is 4.92. The van der Waals surface area contributed by atoms with Crippen LogP contribution >= 0.6 is 0 Å². The highest BCUT2D eigenvalue weighted by Gasteiger charge is 2.39. The third-order valence-electron chi connectivity index (χ3n) is 2.00. The van der Waals surface area contributed by atoms with Crippen LogP contribution in [0.4, 0.5) is 0 Å². The smallest absolute Gasteiger partial charge is 0.451 e. The molecule has 0 aliphatic rings. The molecule has 0 N–H and O–H groups in total. The van der Waals surface area contributed by atoms with Crippen molar-refractivity contribution in [3.05, 3.63) is 38.0 Å². The second-order valence-electron chi connectivity index (χ2n) is 3.37. The molecule has 0 aliphatic carbocycles. The Morgan fingerprint density at radius 1 is 0.895 bits per heavy atom. The summed E-state index contributed by atoms with van der Waals surface area (Å²) >= 11 is 0. The number of rotatable bonds is 7. The van der Waals surface area contributed by atoms with Gasteiger partial charge in [0.05, 0.1) is 0 Å². The van der Waals surface area contributed by atoms with Gasteiger partial charge in [0.2, 0.25) is 0 Å². The Balaban J connectivity index is 5.01. The molecule has 0 aromatic carbocycles. The van der Waals surface area contributed by atoms with Crippen LogP contribution in [0.1, 0.15) is 13.8 Å². The summed E-state index contributed by atoms with van der Waals surface area (Å²) in [5.74, 6) is -2.31. The fourth-order valence-corrected chi connectivity index (χ4v) is 1.88. The van der Waals surface area contributed by atoms with Gasteiger partial charge in [0.15, 0.2) is 0 Å². The molecule has 0 unspecified atom stereocenters. The molecule has 7 heteroatoms. The zero-order valence-corrected chi connectivity index (χ0v) is 11.8. The molecule has 0 saturated heterocycles. The minimum Gasteiger partial charge on any atom is -0.451 e. The molecule has 0 bridgehead atoms. The zero-order chi connectivity index (χ0) is 15.1. The first kappa shape index (κ1) is 16.8. The van der Waals surface area contributed by atoms with Crippen molar-refractivity contribution in [1.29, 1.82) is 0 Å². The summed E-state index contributed by atoms with van der Waals surface area (Å²) < 4.78 is 14.1. The molecular weight excluding hydrogens is 268 g/mol. The van der Waals surface area contributed by atoms with Gasteiger partial charge in [0.1, 0.15) is 5.41 Å². The molecule has 0 aromatic rings. The normalized spacial score (nSPS) is 10.3. The van der Waals surface area contributed by atoms with Gasteiger partial charge in [-0.25, -0.2) is 0 Å². The molecule has 0 aliphatic heterocycles. The molecule has 0 atom stereocenters. The van der Waals surface area contributed by atoms with Crippen molar-refractivity contribution < 1.29 is 27.7 Å². The van der Waals surface area contributed by atoms with Crippen molar-refractivity contribution in [3.8, 4) is 0 Å². The number of carbonyl (C=O) groups excluding carboxylic acids is 3. The molecule has 1 radical (unpaired) electrons. The lowest BCUT2D eigenvalue weighted by atomic mass is 9.89. The van der Waals surface area contributed by atoms with E-state index in [2.05, 4.69) is 28.6 Å². The van der Waals surface area contributed by atoms with Gasteiger partial charge in [-0.3, -0.25) is 14.4 Å². The first-order chi connectivity index (χ1) is 8.81. The van der Waals surface area contributed by atoms with Gasteiger partial charge in [-0.2, -0.15) is 0 Å². The lowest BCUT2D eigenvalue weighted by Crippen LogP contribution is -2.38. The van der Waals surface area contributed by atoms with Gasteiger partial charge in [0, 0.05) is 13.8 Å². The van der Waals surface area contributed by atoms with E-state index in [4.69, 9.17) is 4.43 Å². The molecule has 0 fully saturated rings.